The van der Waals surface area contributed by atoms with Gasteiger partial charge in [-0.3, -0.25) is 0 Å². The molecule has 2 nitrogen and oxygen atoms in total. The highest BCUT2D eigenvalue weighted by Crippen LogP contribution is 2.22. The first kappa shape index (κ1) is 12.1. The number of benzene rings is 1. The van der Waals surface area contributed by atoms with Gasteiger partial charge in [-0.2, -0.15) is 5.26 Å². The minimum Gasteiger partial charge on any atom is -0.305 e. The third kappa shape index (κ3) is 3.94. The summed E-state index contributed by atoms with van der Waals surface area (Å²) in [6.07, 6.45) is 0.881. The summed E-state index contributed by atoms with van der Waals surface area (Å²) in [5, 5.41) is 11.7. The number of rotatable bonds is 5. The molecule has 1 N–H and O–H groups in total. The molecule has 1 atom stereocenters. The Labute approximate surface area is 95.7 Å². The Kier molecular flexibility index (Phi) is 5.23. The second kappa shape index (κ2) is 6.49. The fourth-order valence-electron chi connectivity index (χ4n) is 1.28. The number of hydrogen-bond donors (Lipinski definition) is 1. The van der Waals surface area contributed by atoms with Crippen molar-refractivity contribution in [1.82, 2.24) is 5.32 Å². The standard InChI is InChI=1S/C12H16N2S/c1-10-5-3-4-6-12(10)15-8-7-11(9-13)14-2/h3-6,11,14H,7-8H2,1-2H3. The van der Waals surface area contributed by atoms with Crippen molar-refractivity contribution in [1.29, 1.82) is 5.26 Å². The molecule has 15 heavy (non-hydrogen) atoms. The molecule has 0 saturated carbocycles. The van der Waals surface area contributed by atoms with Crippen LogP contribution >= 0.6 is 11.8 Å². The van der Waals surface area contributed by atoms with Crippen LogP contribution in [0.3, 0.4) is 0 Å². The monoisotopic (exact) mass is 220 g/mol. The lowest BCUT2D eigenvalue weighted by Gasteiger charge is -2.08. The van der Waals surface area contributed by atoms with Crippen molar-refractivity contribution in [3.63, 3.8) is 0 Å². The van der Waals surface area contributed by atoms with Crippen molar-refractivity contribution in [2.45, 2.75) is 24.3 Å². The third-order valence-corrected chi connectivity index (χ3v) is 3.47. The summed E-state index contributed by atoms with van der Waals surface area (Å²) in [6.45, 7) is 2.11. The molecule has 1 aromatic carbocycles. The molecule has 0 radical (unpaired) electrons. The maximum absolute atomic E-state index is 8.76. The van der Waals surface area contributed by atoms with E-state index in [2.05, 4.69) is 36.5 Å². The van der Waals surface area contributed by atoms with E-state index in [9.17, 15) is 0 Å². The third-order valence-electron chi connectivity index (χ3n) is 2.26. The first-order valence-electron chi connectivity index (χ1n) is 5.03. The molecule has 0 spiro atoms. The molecule has 0 aliphatic heterocycles. The van der Waals surface area contributed by atoms with Crippen molar-refractivity contribution < 1.29 is 0 Å². The quantitative estimate of drug-likeness (QED) is 0.775. The van der Waals surface area contributed by atoms with Gasteiger partial charge in [-0.15, -0.1) is 11.8 Å². The largest absolute Gasteiger partial charge is 0.305 e. The lowest BCUT2D eigenvalue weighted by molar-refractivity contribution is 0.663. The van der Waals surface area contributed by atoms with Crippen LogP contribution < -0.4 is 5.32 Å². The van der Waals surface area contributed by atoms with Crippen LogP contribution in [0.5, 0.6) is 0 Å². The van der Waals surface area contributed by atoms with Crippen molar-refractivity contribution in [3.05, 3.63) is 29.8 Å². The Bertz CT molecular complexity index is 344. The van der Waals surface area contributed by atoms with E-state index in [-0.39, 0.29) is 6.04 Å². The molecule has 1 aromatic rings. The molecular formula is C12H16N2S. The molecule has 0 fully saturated rings. The number of nitrogens with one attached hydrogen (secondary N) is 1. The first-order valence-corrected chi connectivity index (χ1v) is 6.01. The number of nitrogens with zero attached hydrogens (tertiary/aromatic N) is 1. The summed E-state index contributed by atoms with van der Waals surface area (Å²) < 4.78 is 0. The molecule has 80 valence electrons. The second-order valence-corrected chi connectivity index (χ2v) is 4.51. The Hall–Kier alpha value is -0.980. The minimum atomic E-state index is -0.0264. The molecule has 0 bridgehead atoms. The van der Waals surface area contributed by atoms with Gasteiger partial charge >= 0.3 is 0 Å². The van der Waals surface area contributed by atoms with Gasteiger partial charge in [0.05, 0.1) is 12.1 Å². The van der Waals surface area contributed by atoms with Crippen LogP contribution in [0.25, 0.3) is 0 Å². The summed E-state index contributed by atoms with van der Waals surface area (Å²) in [5.74, 6) is 0.976. The van der Waals surface area contributed by atoms with Gasteiger partial charge in [0.15, 0.2) is 0 Å². The van der Waals surface area contributed by atoms with Crippen LogP contribution in [0.15, 0.2) is 29.2 Å². The zero-order chi connectivity index (χ0) is 11.1. The molecule has 0 aromatic heterocycles. The molecule has 0 saturated heterocycles. The van der Waals surface area contributed by atoms with Gasteiger partial charge in [0.25, 0.3) is 0 Å². The van der Waals surface area contributed by atoms with Crippen molar-refractivity contribution in [3.8, 4) is 6.07 Å². The van der Waals surface area contributed by atoms with Crippen LogP contribution in [0.4, 0.5) is 0 Å². The summed E-state index contributed by atoms with van der Waals surface area (Å²) in [6, 6.07) is 10.5. The van der Waals surface area contributed by atoms with Crippen LogP contribution in [0.2, 0.25) is 0 Å². The lowest BCUT2D eigenvalue weighted by atomic mass is 10.2. The summed E-state index contributed by atoms with van der Waals surface area (Å²) in [5.41, 5.74) is 1.31. The minimum absolute atomic E-state index is 0.0264. The topological polar surface area (TPSA) is 35.8 Å². The fraction of sp³-hybridized carbons (Fsp3) is 0.417. The normalized spacial score (nSPS) is 12.1. The van der Waals surface area contributed by atoms with E-state index in [1.165, 1.54) is 10.5 Å². The first-order chi connectivity index (χ1) is 7.27. The van der Waals surface area contributed by atoms with Crippen molar-refractivity contribution >= 4 is 11.8 Å². The van der Waals surface area contributed by atoms with Gasteiger partial charge < -0.3 is 5.32 Å². The zero-order valence-electron chi connectivity index (χ0n) is 9.16. The summed E-state index contributed by atoms with van der Waals surface area (Å²) in [7, 11) is 1.83. The van der Waals surface area contributed by atoms with Crippen molar-refractivity contribution in [2.24, 2.45) is 0 Å². The van der Waals surface area contributed by atoms with Crippen LogP contribution in [-0.2, 0) is 0 Å². The van der Waals surface area contributed by atoms with E-state index >= 15 is 0 Å². The number of thioether (sulfide) groups is 1. The molecule has 1 unspecified atom stereocenters. The van der Waals surface area contributed by atoms with Gasteiger partial charge in [0, 0.05) is 10.6 Å². The SMILES string of the molecule is CNC(C#N)CCSc1ccccc1C. The van der Waals surface area contributed by atoms with Gasteiger partial charge in [-0.05, 0) is 32.0 Å². The van der Waals surface area contributed by atoms with E-state index in [0.717, 1.165) is 12.2 Å². The van der Waals surface area contributed by atoms with E-state index in [1.54, 1.807) is 0 Å². The van der Waals surface area contributed by atoms with E-state index in [1.807, 2.05) is 24.9 Å². The van der Waals surface area contributed by atoms with E-state index in [0.29, 0.717) is 0 Å². The average molecular weight is 220 g/mol. The van der Waals surface area contributed by atoms with Crippen molar-refractivity contribution in [2.75, 3.05) is 12.8 Å². The van der Waals surface area contributed by atoms with Gasteiger partial charge in [0.1, 0.15) is 0 Å². The smallest absolute Gasteiger partial charge is 0.0958 e. The maximum Gasteiger partial charge on any atom is 0.0958 e. The fourth-order valence-corrected chi connectivity index (χ4v) is 2.32. The molecule has 0 aliphatic carbocycles. The molecule has 1 rings (SSSR count). The Morgan fingerprint density at radius 1 is 1.47 bits per heavy atom. The Balaban J connectivity index is 2.39. The predicted octanol–water partition coefficient (Wildman–Crippen LogP) is 2.59. The van der Waals surface area contributed by atoms with Crippen LogP contribution in [-0.4, -0.2) is 18.8 Å². The second-order valence-electron chi connectivity index (χ2n) is 3.37. The molecule has 0 amide bonds. The summed E-state index contributed by atoms with van der Waals surface area (Å²) >= 11 is 1.81. The van der Waals surface area contributed by atoms with E-state index < -0.39 is 0 Å². The predicted molar refractivity (Wildman–Crippen MR) is 65.0 cm³/mol. The van der Waals surface area contributed by atoms with Crippen LogP contribution in [0.1, 0.15) is 12.0 Å². The average Bonchev–Trinajstić information content (AvgIpc) is 2.27. The number of hydrogen-bond acceptors (Lipinski definition) is 3. The molecule has 0 aliphatic rings. The molecular weight excluding hydrogens is 204 g/mol. The van der Waals surface area contributed by atoms with Gasteiger partial charge in [-0.1, -0.05) is 18.2 Å². The van der Waals surface area contributed by atoms with E-state index in [4.69, 9.17) is 5.26 Å². The molecule has 3 heteroatoms. The van der Waals surface area contributed by atoms with Crippen LogP contribution in [0, 0.1) is 18.3 Å². The highest BCUT2D eigenvalue weighted by molar-refractivity contribution is 7.99. The van der Waals surface area contributed by atoms with Gasteiger partial charge in [0.2, 0.25) is 0 Å². The molecule has 0 heterocycles. The number of nitriles is 1. The Morgan fingerprint density at radius 3 is 2.80 bits per heavy atom. The summed E-state index contributed by atoms with van der Waals surface area (Å²) in [4.78, 5) is 1.31. The highest BCUT2D eigenvalue weighted by Gasteiger charge is 2.04. The zero-order valence-corrected chi connectivity index (χ0v) is 9.97. The lowest BCUT2D eigenvalue weighted by Crippen LogP contribution is -2.23. The maximum atomic E-state index is 8.76. The highest BCUT2D eigenvalue weighted by atomic mass is 32.2. The van der Waals surface area contributed by atoms with Gasteiger partial charge in [-0.25, -0.2) is 0 Å². The Morgan fingerprint density at radius 2 is 2.20 bits per heavy atom. The number of aryl methyl sites for hydroxylation is 1.